The Morgan fingerprint density at radius 3 is 2.53 bits per heavy atom. The van der Waals surface area contributed by atoms with Crippen molar-refractivity contribution in [2.24, 2.45) is 0 Å². The molecule has 0 bridgehead atoms. The second-order valence-corrected chi connectivity index (χ2v) is 2.99. The molecule has 0 aromatic heterocycles. The van der Waals surface area contributed by atoms with E-state index >= 15 is 0 Å². The molecule has 2 atom stereocenters. The monoisotopic (exact) mass is 218 g/mol. The second kappa shape index (κ2) is 3.85. The van der Waals surface area contributed by atoms with Gasteiger partial charge in [-0.1, -0.05) is 0 Å². The highest BCUT2D eigenvalue weighted by molar-refractivity contribution is 5.97. The van der Waals surface area contributed by atoms with Gasteiger partial charge in [0.15, 0.2) is 0 Å². The summed E-state index contributed by atoms with van der Waals surface area (Å²) in [6, 6.07) is 0. The first-order valence-corrected chi connectivity index (χ1v) is 4.04. The Bertz CT molecular complexity index is 310. The standard InChI is InChI=1S/C8H10O7/c1-13-6(10)5-8(12,7(11)14-2)3-4(9)15-5/h5,12H,3H2,1-2H3/t5-,8+/m1/s1. The molecule has 84 valence electrons. The Labute approximate surface area is 84.9 Å². The van der Waals surface area contributed by atoms with Gasteiger partial charge in [0.2, 0.25) is 11.7 Å². The van der Waals surface area contributed by atoms with Gasteiger partial charge in [-0.3, -0.25) is 4.79 Å². The quantitative estimate of drug-likeness (QED) is 0.439. The molecule has 7 heteroatoms. The zero-order chi connectivity index (χ0) is 11.6. The van der Waals surface area contributed by atoms with Crippen LogP contribution in [0.3, 0.4) is 0 Å². The van der Waals surface area contributed by atoms with Crippen LogP contribution in [0.5, 0.6) is 0 Å². The van der Waals surface area contributed by atoms with Crippen molar-refractivity contribution in [3.63, 3.8) is 0 Å². The summed E-state index contributed by atoms with van der Waals surface area (Å²) in [5.41, 5.74) is -2.29. The number of aliphatic hydroxyl groups is 1. The van der Waals surface area contributed by atoms with Gasteiger partial charge in [0, 0.05) is 0 Å². The summed E-state index contributed by atoms with van der Waals surface area (Å²) in [5, 5.41) is 9.77. The number of carbonyl (C=O) groups is 3. The maximum Gasteiger partial charge on any atom is 0.350 e. The van der Waals surface area contributed by atoms with Crippen molar-refractivity contribution >= 4 is 17.9 Å². The summed E-state index contributed by atoms with van der Waals surface area (Å²) < 4.78 is 13.1. The smallest absolute Gasteiger partial charge is 0.350 e. The number of rotatable bonds is 2. The summed E-state index contributed by atoms with van der Waals surface area (Å²) >= 11 is 0. The van der Waals surface area contributed by atoms with E-state index in [1.165, 1.54) is 0 Å². The van der Waals surface area contributed by atoms with E-state index in [1.54, 1.807) is 0 Å². The summed E-state index contributed by atoms with van der Waals surface area (Å²) in [6.07, 6.45) is -2.29. The molecule has 1 aliphatic rings. The van der Waals surface area contributed by atoms with E-state index in [9.17, 15) is 19.5 Å². The Kier molecular flexibility index (Phi) is 2.94. The molecule has 1 heterocycles. The van der Waals surface area contributed by atoms with Crippen LogP contribution in [0.1, 0.15) is 6.42 Å². The Morgan fingerprint density at radius 2 is 2.07 bits per heavy atom. The molecule has 0 saturated carbocycles. The Hall–Kier alpha value is -1.63. The Morgan fingerprint density at radius 1 is 1.47 bits per heavy atom. The highest BCUT2D eigenvalue weighted by Gasteiger charge is 2.59. The molecule has 0 aliphatic carbocycles. The zero-order valence-electron chi connectivity index (χ0n) is 8.18. The lowest BCUT2D eigenvalue weighted by Gasteiger charge is -2.21. The van der Waals surface area contributed by atoms with Gasteiger partial charge in [-0.25, -0.2) is 9.59 Å². The van der Waals surface area contributed by atoms with E-state index in [-0.39, 0.29) is 0 Å². The second-order valence-electron chi connectivity index (χ2n) is 2.99. The third-order valence-corrected chi connectivity index (χ3v) is 2.05. The van der Waals surface area contributed by atoms with E-state index in [4.69, 9.17) is 0 Å². The number of hydrogen-bond donors (Lipinski definition) is 1. The predicted octanol–water partition coefficient (Wildman–Crippen LogP) is -1.62. The minimum absolute atomic E-state index is 0.626. The van der Waals surface area contributed by atoms with Gasteiger partial charge in [-0.15, -0.1) is 0 Å². The molecular formula is C8H10O7. The first-order valence-electron chi connectivity index (χ1n) is 4.04. The van der Waals surface area contributed by atoms with E-state index in [0.717, 1.165) is 14.2 Å². The van der Waals surface area contributed by atoms with Crippen LogP contribution in [0.15, 0.2) is 0 Å². The summed E-state index contributed by atoms with van der Waals surface area (Å²) in [6.45, 7) is 0. The highest BCUT2D eigenvalue weighted by atomic mass is 16.6. The molecule has 0 aromatic rings. The molecule has 0 amide bonds. The highest BCUT2D eigenvalue weighted by Crippen LogP contribution is 2.29. The van der Waals surface area contributed by atoms with Gasteiger partial charge >= 0.3 is 17.9 Å². The topological polar surface area (TPSA) is 99.1 Å². The maximum atomic E-state index is 11.2. The fourth-order valence-corrected chi connectivity index (χ4v) is 1.29. The molecule has 0 unspecified atom stereocenters. The fourth-order valence-electron chi connectivity index (χ4n) is 1.29. The van der Waals surface area contributed by atoms with Gasteiger partial charge in [-0.05, 0) is 0 Å². The normalized spacial score (nSPS) is 29.5. The van der Waals surface area contributed by atoms with E-state index in [0.29, 0.717) is 0 Å². The molecule has 7 nitrogen and oxygen atoms in total. The summed E-state index contributed by atoms with van der Waals surface area (Å²) in [7, 11) is 2.07. The maximum absolute atomic E-state index is 11.2. The number of cyclic esters (lactones) is 1. The molecule has 0 spiro atoms. The minimum Gasteiger partial charge on any atom is -0.467 e. The third-order valence-electron chi connectivity index (χ3n) is 2.05. The van der Waals surface area contributed by atoms with Crippen molar-refractivity contribution in [3.05, 3.63) is 0 Å². The number of esters is 3. The van der Waals surface area contributed by atoms with E-state index < -0.39 is 36.0 Å². The van der Waals surface area contributed by atoms with Gasteiger partial charge in [-0.2, -0.15) is 0 Å². The van der Waals surface area contributed by atoms with E-state index in [1.807, 2.05) is 0 Å². The van der Waals surface area contributed by atoms with Crippen LogP contribution >= 0.6 is 0 Å². The van der Waals surface area contributed by atoms with Crippen molar-refractivity contribution in [2.75, 3.05) is 14.2 Å². The summed E-state index contributed by atoms with van der Waals surface area (Å²) in [5.74, 6) is -2.98. The van der Waals surface area contributed by atoms with Gasteiger partial charge in [0.1, 0.15) is 0 Å². The van der Waals surface area contributed by atoms with Gasteiger partial charge in [0.05, 0.1) is 20.6 Å². The minimum atomic E-state index is -2.29. The molecule has 0 aromatic carbocycles. The number of hydrogen-bond acceptors (Lipinski definition) is 7. The van der Waals surface area contributed by atoms with Crippen LogP contribution in [-0.4, -0.2) is 48.9 Å². The zero-order valence-corrected chi connectivity index (χ0v) is 8.18. The lowest BCUT2D eigenvalue weighted by molar-refractivity contribution is -0.180. The molecule has 1 rings (SSSR count). The lowest BCUT2D eigenvalue weighted by atomic mass is 9.95. The third kappa shape index (κ3) is 1.78. The fraction of sp³-hybridized carbons (Fsp3) is 0.625. The predicted molar refractivity (Wildman–Crippen MR) is 43.5 cm³/mol. The number of carbonyl (C=O) groups excluding carboxylic acids is 3. The first-order chi connectivity index (χ1) is 6.95. The van der Waals surface area contributed by atoms with Crippen LogP contribution in [-0.2, 0) is 28.6 Å². The van der Waals surface area contributed by atoms with E-state index in [2.05, 4.69) is 14.2 Å². The molecule has 1 aliphatic heterocycles. The first kappa shape index (κ1) is 11.4. The van der Waals surface area contributed by atoms with Crippen LogP contribution in [0.2, 0.25) is 0 Å². The molecule has 1 fully saturated rings. The number of ether oxygens (including phenoxy) is 3. The molecule has 1 N–H and O–H groups in total. The molecule has 15 heavy (non-hydrogen) atoms. The average molecular weight is 218 g/mol. The Balaban J connectivity index is 2.99. The van der Waals surface area contributed by atoms with Gasteiger partial charge < -0.3 is 19.3 Å². The van der Waals surface area contributed by atoms with Crippen LogP contribution in [0.4, 0.5) is 0 Å². The van der Waals surface area contributed by atoms with Crippen molar-refractivity contribution in [1.82, 2.24) is 0 Å². The molecule has 0 radical (unpaired) electrons. The lowest BCUT2D eigenvalue weighted by Crippen LogP contribution is -2.51. The molecular weight excluding hydrogens is 208 g/mol. The van der Waals surface area contributed by atoms with Gasteiger partial charge in [0.25, 0.3) is 0 Å². The van der Waals surface area contributed by atoms with Crippen molar-refractivity contribution < 1.29 is 33.7 Å². The van der Waals surface area contributed by atoms with Crippen LogP contribution in [0, 0.1) is 0 Å². The van der Waals surface area contributed by atoms with Crippen LogP contribution < -0.4 is 0 Å². The van der Waals surface area contributed by atoms with Crippen LogP contribution in [0.25, 0.3) is 0 Å². The van der Waals surface area contributed by atoms with Crippen molar-refractivity contribution in [2.45, 2.75) is 18.1 Å². The largest absolute Gasteiger partial charge is 0.467 e. The SMILES string of the molecule is COC(=O)[C@H]1OC(=O)C[C@@]1(O)C(=O)OC. The van der Waals surface area contributed by atoms with Crippen molar-refractivity contribution in [3.8, 4) is 0 Å². The van der Waals surface area contributed by atoms with Crippen molar-refractivity contribution in [1.29, 1.82) is 0 Å². The average Bonchev–Trinajstić information content (AvgIpc) is 2.53. The summed E-state index contributed by atoms with van der Waals surface area (Å²) in [4.78, 5) is 33.2. The number of methoxy groups -OCH3 is 2. The molecule has 1 saturated heterocycles.